The van der Waals surface area contributed by atoms with Crippen LogP contribution in [0, 0.1) is 0 Å². The molecule has 0 amide bonds. The molecule has 1 fully saturated rings. The first-order valence-electron chi connectivity index (χ1n) is 3.20. The summed E-state index contributed by atoms with van der Waals surface area (Å²) in [7, 11) is 1.31. The first kappa shape index (κ1) is 12.5. The molecule has 1 rings (SSSR count). The van der Waals surface area contributed by atoms with Crippen molar-refractivity contribution in [2.75, 3.05) is 13.7 Å². The van der Waals surface area contributed by atoms with Crippen LogP contribution in [0.15, 0.2) is 0 Å². The summed E-state index contributed by atoms with van der Waals surface area (Å²) >= 11 is 0. The van der Waals surface area contributed by atoms with E-state index in [0.717, 1.165) is 0 Å². The van der Waals surface area contributed by atoms with E-state index in [9.17, 15) is 12.9 Å². The predicted octanol–water partition coefficient (Wildman–Crippen LogP) is -0.982. The Morgan fingerprint density at radius 1 is 1.36 bits per heavy atom. The monoisotopic (exact) mass is 192 g/mol. The van der Waals surface area contributed by atoms with Crippen LogP contribution in [0.2, 0.25) is 5.31 Å². The first-order chi connectivity index (χ1) is 4.52. The summed E-state index contributed by atoms with van der Waals surface area (Å²) in [5, 5.41) is -1.42. The van der Waals surface area contributed by atoms with Crippen LogP contribution in [0.5, 0.6) is 0 Å². The summed E-state index contributed by atoms with van der Waals surface area (Å²) in [6.45, 7) is -4.83. The summed E-state index contributed by atoms with van der Waals surface area (Å²) in [6.07, 6.45) is 0.509. The van der Waals surface area contributed by atoms with Gasteiger partial charge in [-0.05, 0) is 5.31 Å². The Kier molecular flexibility index (Phi) is 4.65. The third-order valence-corrected chi connectivity index (χ3v) is 2.02. The molecular weight excluding hydrogens is 183 g/mol. The van der Waals surface area contributed by atoms with E-state index in [1.54, 1.807) is 0 Å². The first-order valence-corrected chi connectivity index (χ1v) is 3.20. The van der Waals surface area contributed by atoms with Crippen LogP contribution < -0.4 is 51.4 Å². The zero-order valence-corrected chi connectivity index (χ0v) is 9.86. The van der Waals surface area contributed by atoms with Crippen molar-refractivity contribution in [2.24, 2.45) is 0 Å². The molecule has 0 spiro atoms. The van der Waals surface area contributed by atoms with Crippen molar-refractivity contribution in [1.82, 2.24) is 0 Å². The van der Waals surface area contributed by atoms with Crippen molar-refractivity contribution >= 4 is 6.98 Å². The maximum Gasteiger partial charge on any atom is 1.00 e. The molecule has 0 aromatic heterocycles. The summed E-state index contributed by atoms with van der Waals surface area (Å²) in [4.78, 5) is 0. The average Bonchev–Trinajstić information content (AvgIpc) is 2.45. The van der Waals surface area contributed by atoms with Crippen LogP contribution in [0.3, 0.4) is 0 Å². The number of methoxy groups -OCH3 is 1. The standard InChI is InChI=1S/C5H9BF3O.K/c1-10-4-5(2-3-5)6(7,8)9;/h2-4H2,1H3;/q-1;+1. The number of ether oxygens (including phenoxy) is 1. The number of halogens is 3. The molecule has 6 heteroatoms. The Hall–Kier alpha value is 1.45. The van der Waals surface area contributed by atoms with Crippen molar-refractivity contribution in [3.05, 3.63) is 0 Å². The Morgan fingerprint density at radius 2 is 1.82 bits per heavy atom. The Bertz CT molecular complexity index is 134. The smallest absolute Gasteiger partial charge is 0.448 e. The molecule has 1 saturated carbocycles. The van der Waals surface area contributed by atoms with E-state index in [2.05, 4.69) is 4.74 Å². The second-order valence-corrected chi connectivity index (χ2v) is 2.87. The van der Waals surface area contributed by atoms with Gasteiger partial charge in [0.1, 0.15) is 0 Å². The molecule has 1 aliphatic carbocycles. The van der Waals surface area contributed by atoms with Gasteiger partial charge in [0, 0.05) is 13.7 Å². The van der Waals surface area contributed by atoms with E-state index < -0.39 is 12.3 Å². The zero-order chi connectivity index (χ0) is 7.83. The fraction of sp³-hybridized carbons (Fsp3) is 1.00. The summed E-state index contributed by atoms with van der Waals surface area (Å²) < 4.78 is 40.7. The van der Waals surface area contributed by atoms with E-state index in [0.29, 0.717) is 0 Å². The summed E-state index contributed by atoms with van der Waals surface area (Å²) in [5.74, 6) is 0. The van der Waals surface area contributed by atoms with E-state index in [1.165, 1.54) is 7.11 Å². The Balaban J connectivity index is 0.000001000. The normalized spacial score (nSPS) is 20.7. The van der Waals surface area contributed by atoms with Gasteiger partial charge in [-0.25, -0.2) is 0 Å². The van der Waals surface area contributed by atoms with E-state index in [1.807, 2.05) is 0 Å². The molecule has 0 radical (unpaired) electrons. The minimum absolute atomic E-state index is 0. The summed E-state index contributed by atoms with van der Waals surface area (Å²) in [5.41, 5.74) is 0. The van der Waals surface area contributed by atoms with Gasteiger partial charge in [-0.3, -0.25) is 0 Å². The van der Waals surface area contributed by atoms with Crippen molar-refractivity contribution in [3.63, 3.8) is 0 Å². The van der Waals surface area contributed by atoms with Gasteiger partial charge in [-0.2, -0.15) is 0 Å². The van der Waals surface area contributed by atoms with E-state index in [4.69, 9.17) is 0 Å². The third-order valence-electron chi connectivity index (χ3n) is 2.02. The Labute approximate surface area is 107 Å². The zero-order valence-electron chi connectivity index (χ0n) is 6.74. The molecule has 0 aromatic carbocycles. The van der Waals surface area contributed by atoms with Crippen molar-refractivity contribution in [2.45, 2.75) is 18.2 Å². The van der Waals surface area contributed by atoms with Crippen LogP contribution >= 0.6 is 0 Å². The van der Waals surface area contributed by atoms with E-state index in [-0.39, 0.29) is 70.8 Å². The molecule has 11 heavy (non-hydrogen) atoms. The largest absolute Gasteiger partial charge is 1.00 e. The number of hydrogen-bond acceptors (Lipinski definition) is 1. The van der Waals surface area contributed by atoms with Crippen LogP contribution in [0.25, 0.3) is 0 Å². The molecule has 0 saturated heterocycles. The van der Waals surface area contributed by atoms with Crippen LogP contribution in [-0.2, 0) is 4.74 Å². The molecule has 0 aromatic rings. The second kappa shape index (κ2) is 4.11. The average molecular weight is 192 g/mol. The fourth-order valence-corrected chi connectivity index (χ4v) is 1.01. The molecule has 1 nitrogen and oxygen atoms in total. The van der Waals surface area contributed by atoms with Gasteiger partial charge in [0.25, 0.3) is 0 Å². The topological polar surface area (TPSA) is 9.23 Å². The molecule has 1 aliphatic rings. The molecule has 0 aliphatic heterocycles. The minimum Gasteiger partial charge on any atom is -0.448 e. The fourth-order valence-electron chi connectivity index (χ4n) is 1.01. The molecule has 0 atom stereocenters. The SMILES string of the molecule is COCC1([B-](F)(F)F)CC1.[K+]. The predicted molar refractivity (Wildman–Crippen MR) is 32.9 cm³/mol. The van der Waals surface area contributed by atoms with Gasteiger partial charge in [-0.1, -0.05) is 12.8 Å². The molecule has 60 valence electrons. The number of hydrogen-bond donors (Lipinski definition) is 0. The maximum absolute atomic E-state index is 12.1. The van der Waals surface area contributed by atoms with Gasteiger partial charge in [0.2, 0.25) is 0 Å². The van der Waals surface area contributed by atoms with E-state index >= 15 is 0 Å². The van der Waals surface area contributed by atoms with Crippen LogP contribution in [0.1, 0.15) is 12.8 Å². The van der Waals surface area contributed by atoms with Gasteiger partial charge in [0.05, 0.1) is 0 Å². The quantitative estimate of drug-likeness (QED) is 0.522. The molecule has 0 N–H and O–H groups in total. The van der Waals surface area contributed by atoms with Gasteiger partial charge in [0.15, 0.2) is 0 Å². The maximum atomic E-state index is 12.1. The minimum atomic E-state index is -4.68. The van der Waals surface area contributed by atoms with Crippen LogP contribution in [-0.4, -0.2) is 20.7 Å². The van der Waals surface area contributed by atoms with Crippen molar-refractivity contribution in [3.8, 4) is 0 Å². The third kappa shape index (κ3) is 2.70. The summed E-state index contributed by atoms with van der Waals surface area (Å²) in [6, 6.07) is 0. The van der Waals surface area contributed by atoms with Gasteiger partial charge in [-0.15, -0.1) is 0 Å². The second-order valence-electron chi connectivity index (χ2n) is 2.87. The van der Waals surface area contributed by atoms with Gasteiger partial charge >= 0.3 is 58.4 Å². The van der Waals surface area contributed by atoms with Crippen LogP contribution in [0.4, 0.5) is 12.9 Å². The van der Waals surface area contributed by atoms with Crippen molar-refractivity contribution < 1.29 is 69.1 Å². The number of rotatable bonds is 3. The molecule has 0 unspecified atom stereocenters. The van der Waals surface area contributed by atoms with Gasteiger partial charge < -0.3 is 17.7 Å². The Morgan fingerprint density at radius 3 is 1.91 bits per heavy atom. The molecule has 0 heterocycles. The molecule has 0 bridgehead atoms. The van der Waals surface area contributed by atoms with Crippen molar-refractivity contribution in [1.29, 1.82) is 0 Å². The molecular formula is C5H9BF3KO.